The van der Waals surface area contributed by atoms with E-state index in [-0.39, 0.29) is 5.92 Å². The van der Waals surface area contributed by atoms with E-state index in [0.29, 0.717) is 24.8 Å². The Morgan fingerprint density at radius 1 is 1.56 bits per heavy atom. The number of carboxylic acid groups (broad SMARTS) is 1. The van der Waals surface area contributed by atoms with Gasteiger partial charge in [-0.2, -0.15) is 4.37 Å². The lowest BCUT2D eigenvalue weighted by Gasteiger charge is -2.14. The van der Waals surface area contributed by atoms with Crippen LogP contribution < -0.4 is 5.32 Å². The van der Waals surface area contributed by atoms with Gasteiger partial charge in [0.1, 0.15) is 5.82 Å². The maximum Gasteiger partial charge on any atom is 0.308 e. The minimum absolute atomic E-state index is 0.363. The van der Waals surface area contributed by atoms with Crippen LogP contribution in [0.25, 0.3) is 0 Å². The molecule has 6 heteroatoms. The molecule has 1 fully saturated rings. The maximum atomic E-state index is 11.1. The molecule has 2 rings (SSSR count). The van der Waals surface area contributed by atoms with Crippen LogP contribution in [0.5, 0.6) is 0 Å². The lowest BCUT2D eigenvalue weighted by Crippen LogP contribution is -2.24. The number of aromatic nitrogens is 2. The van der Waals surface area contributed by atoms with Crippen molar-refractivity contribution in [3.8, 4) is 0 Å². The van der Waals surface area contributed by atoms with Crippen molar-refractivity contribution in [2.45, 2.75) is 39.0 Å². The molecule has 0 aliphatic heterocycles. The molecule has 100 valence electrons. The Bertz CT molecular complexity index is 415. The number of nitrogens with zero attached hydrogens (tertiary/aromatic N) is 2. The molecule has 2 N–H and O–H groups in total. The van der Waals surface area contributed by atoms with Crippen LogP contribution in [0.15, 0.2) is 0 Å². The summed E-state index contributed by atoms with van der Waals surface area (Å²) < 4.78 is 4.28. The molecule has 1 atom stereocenters. The SMILES string of the molecule is CC(C)CC(CNc1nc(C2CC2)ns1)C(=O)O. The standard InChI is InChI=1S/C12H19N3O2S/c1-7(2)5-9(11(16)17)6-13-12-14-10(15-18-12)8-3-4-8/h7-9H,3-6H2,1-2H3,(H,16,17)(H,13,14,15). The minimum atomic E-state index is -0.747. The Morgan fingerprint density at radius 3 is 2.83 bits per heavy atom. The quantitative estimate of drug-likeness (QED) is 0.795. The lowest BCUT2D eigenvalue weighted by molar-refractivity contribution is -0.141. The first-order valence-electron chi connectivity index (χ1n) is 6.36. The number of hydrogen-bond donors (Lipinski definition) is 2. The molecule has 0 amide bonds. The van der Waals surface area contributed by atoms with Crippen molar-refractivity contribution in [2.75, 3.05) is 11.9 Å². The Kier molecular flexibility index (Phi) is 4.16. The average Bonchev–Trinajstić information content (AvgIpc) is 3.04. The number of carboxylic acids is 1. The van der Waals surface area contributed by atoms with Gasteiger partial charge in [0.15, 0.2) is 0 Å². The Labute approximate surface area is 111 Å². The van der Waals surface area contributed by atoms with E-state index in [1.165, 1.54) is 24.4 Å². The van der Waals surface area contributed by atoms with E-state index in [9.17, 15) is 4.79 Å². The fourth-order valence-electron chi connectivity index (χ4n) is 1.87. The number of hydrogen-bond acceptors (Lipinski definition) is 5. The molecule has 1 unspecified atom stereocenters. The zero-order chi connectivity index (χ0) is 13.1. The Hall–Kier alpha value is -1.17. The summed E-state index contributed by atoms with van der Waals surface area (Å²) in [6, 6.07) is 0. The van der Waals surface area contributed by atoms with Crippen LogP contribution in [0.1, 0.15) is 44.9 Å². The van der Waals surface area contributed by atoms with Gasteiger partial charge in [0.2, 0.25) is 5.13 Å². The molecule has 0 aromatic carbocycles. The van der Waals surface area contributed by atoms with Gasteiger partial charge >= 0.3 is 5.97 Å². The highest BCUT2D eigenvalue weighted by Gasteiger charge is 2.28. The normalized spacial score (nSPS) is 16.8. The van der Waals surface area contributed by atoms with Crippen molar-refractivity contribution in [1.29, 1.82) is 0 Å². The van der Waals surface area contributed by atoms with Crippen molar-refractivity contribution in [1.82, 2.24) is 9.36 Å². The third-order valence-corrected chi connectivity index (χ3v) is 3.68. The summed E-state index contributed by atoms with van der Waals surface area (Å²) in [6.07, 6.45) is 3.04. The summed E-state index contributed by atoms with van der Waals surface area (Å²) in [7, 11) is 0. The Balaban J connectivity index is 1.85. The molecule has 18 heavy (non-hydrogen) atoms. The van der Waals surface area contributed by atoms with Crippen molar-refractivity contribution >= 4 is 22.6 Å². The number of nitrogens with one attached hydrogen (secondary N) is 1. The first-order chi connectivity index (χ1) is 8.56. The highest BCUT2D eigenvalue weighted by Crippen LogP contribution is 2.39. The summed E-state index contributed by atoms with van der Waals surface area (Å²) in [6.45, 7) is 4.49. The first-order valence-corrected chi connectivity index (χ1v) is 7.14. The fourth-order valence-corrected chi connectivity index (χ4v) is 2.52. The molecule has 0 spiro atoms. The van der Waals surface area contributed by atoms with Crippen LogP contribution in [0.3, 0.4) is 0 Å². The molecule has 1 aromatic heterocycles. The molecule has 1 heterocycles. The number of rotatable bonds is 7. The molecule has 1 aliphatic rings. The molecule has 1 aromatic rings. The number of aliphatic carboxylic acids is 1. The largest absolute Gasteiger partial charge is 0.481 e. The predicted octanol–water partition coefficient (Wildman–Crippen LogP) is 2.57. The van der Waals surface area contributed by atoms with E-state index in [2.05, 4.69) is 14.7 Å². The van der Waals surface area contributed by atoms with Gasteiger partial charge in [-0.3, -0.25) is 4.79 Å². The van der Waals surface area contributed by atoms with E-state index >= 15 is 0 Å². The lowest BCUT2D eigenvalue weighted by atomic mass is 9.97. The van der Waals surface area contributed by atoms with Crippen LogP contribution in [-0.2, 0) is 4.79 Å². The van der Waals surface area contributed by atoms with E-state index in [1.807, 2.05) is 13.8 Å². The highest BCUT2D eigenvalue weighted by molar-refractivity contribution is 7.09. The van der Waals surface area contributed by atoms with Crippen LogP contribution in [0.4, 0.5) is 5.13 Å². The van der Waals surface area contributed by atoms with Crippen molar-refractivity contribution in [3.05, 3.63) is 5.82 Å². The number of carbonyl (C=O) groups is 1. The zero-order valence-electron chi connectivity index (χ0n) is 10.7. The summed E-state index contributed by atoms with van der Waals surface area (Å²) in [5.41, 5.74) is 0. The van der Waals surface area contributed by atoms with Gasteiger partial charge in [-0.1, -0.05) is 13.8 Å². The molecule has 0 radical (unpaired) electrons. The van der Waals surface area contributed by atoms with Crippen molar-refractivity contribution in [3.63, 3.8) is 0 Å². The highest BCUT2D eigenvalue weighted by atomic mass is 32.1. The Morgan fingerprint density at radius 2 is 2.28 bits per heavy atom. The summed E-state index contributed by atoms with van der Waals surface area (Å²) in [5, 5.41) is 13.0. The molecule has 5 nitrogen and oxygen atoms in total. The monoisotopic (exact) mass is 269 g/mol. The van der Waals surface area contributed by atoms with Crippen LogP contribution in [0.2, 0.25) is 0 Å². The van der Waals surface area contributed by atoms with E-state index in [0.717, 1.165) is 11.0 Å². The van der Waals surface area contributed by atoms with Crippen molar-refractivity contribution in [2.24, 2.45) is 11.8 Å². The van der Waals surface area contributed by atoms with Gasteiger partial charge in [-0.25, -0.2) is 4.98 Å². The second-order valence-electron chi connectivity index (χ2n) is 5.28. The second-order valence-corrected chi connectivity index (χ2v) is 6.03. The van der Waals surface area contributed by atoms with E-state index in [1.54, 1.807) is 0 Å². The second kappa shape index (κ2) is 5.65. The van der Waals surface area contributed by atoms with Gasteiger partial charge < -0.3 is 10.4 Å². The van der Waals surface area contributed by atoms with Gasteiger partial charge in [-0.15, -0.1) is 0 Å². The first kappa shape index (κ1) is 13.3. The topological polar surface area (TPSA) is 75.1 Å². The minimum Gasteiger partial charge on any atom is -0.481 e. The third kappa shape index (κ3) is 3.66. The van der Waals surface area contributed by atoms with Crippen LogP contribution >= 0.6 is 11.5 Å². The fraction of sp³-hybridized carbons (Fsp3) is 0.750. The molecular formula is C12H19N3O2S. The molecule has 0 saturated heterocycles. The van der Waals surface area contributed by atoms with E-state index in [4.69, 9.17) is 5.11 Å². The average molecular weight is 269 g/mol. The molecular weight excluding hydrogens is 250 g/mol. The van der Waals surface area contributed by atoms with Crippen molar-refractivity contribution < 1.29 is 9.90 Å². The predicted molar refractivity (Wildman–Crippen MR) is 71.0 cm³/mol. The van der Waals surface area contributed by atoms with Gasteiger partial charge in [0, 0.05) is 24.0 Å². The summed E-state index contributed by atoms with van der Waals surface area (Å²) in [5.74, 6) is 0.728. The molecule has 0 bridgehead atoms. The molecule has 1 aliphatic carbocycles. The number of anilines is 1. The maximum absolute atomic E-state index is 11.1. The van der Waals surface area contributed by atoms with Crippen LogP contribution in [0, 0.1) is 11.8 Å². The molecule has 1 saturated carbocycles. The third-order valence-electron chi connectivity index (χ3n) is 2.99. The summed E-state index contributed by atoms with van der Waals surface area (Å²) in [4.78, 5) is 15.5. The van der Waals surface area contributed by atoms with Gasteiger partial charge in [0.05, 0.1) is 5.92 Å². The van der Waals surface area contributed by atoms with E-state index < -0.39 is 5.97 Å². The van der Waals surface area contributed by atoms with Gasteiger partial charge in [0.25, 0.3) is 0 Å². The summed E-state index contributed by atoms with van der Waals surface area (Å²) >= 11 is 1.33. The van der Waals surface area contributed by atoms with Crippen LogP contribution in [-0.4, -0.2) is 27.0 Å². The smallest absolute Gasteiger partial charge is 0.308 e. The van der Waals surface area contributed by atoms with Gasteiger partial charge in [-0.05, 0) is 25.2 Å². The zero-order valence-corrected chi connectivity index (χ0v) is 11.5.